The Hall–Kier alpha value is -2.13. The van der Waals surface area contributed by atoms with Crippen molar-refractivity contribution in [3.05, 3.63) is 35.3 Å². The van der Waals surface area contributed by atoms with Gasteiger partial charge in [0.15, 0.2) is 11.3 Å². The number of amides is 1. The molecule has 0 aromatic carbocycles. The minimum Gasteiger partial charge on any atom is -0.618 e. The predicted molar refractivity (Wildman–Crippen MR) is 92.9 cm³/mol. The second-order valence-corrected chi connectivity index (χ2v) is 5.81. The molecule has 0 radical (unpaired) electrons. The first-order valence-corrected chi connectivity index (χ1v) is 8.34. The van der Waals surface area contributed by atoms with Crippen molar-refractivity contribution in [1.29, 1.82) is 0 Å². The maximum atomic E-state index is 11.7. The predicted octanol–water partition coefficient (Wildman–Crippen LogP) is 0.534. The van der Waals surface area contributed by atoms with E-state index in [-0.39, 0.29) is 12.1 Å². The smallest absolute Gasteiger partial charge is 0.409 e. The summed E-state index contributed by atoms with van der Waals surface area (Å²) in [4.78, 5) is 15.3. The highest BCUT2D eigenvalue weighted by Gasteiger charge is 2.23. The van der Waals surface area contributed by atoms with Crippen molar-refractivity contribution in [3.8, 4) is 0 Å². The number of pyridine rings is 1. The SMILES string of the molecule is CCOC(=O)N1CCN(C(=S)NN[C@@H](C)c2cccc[n+]2[O-])CC1. The van der Waals surface area contributed by atoms with Crippen LogP contribution in [0.5, 0.6) is 0 Å². The lowest BCUT2D eigenvalue weighted by molar-refractivity contribution is -0.616. The van der Waals surface area contributed by atoms with E-state index in [1.807, 2.05) is 17.9 Å². The van der Waals surface area contributed by atoms with E-state index in [0.29, 0.717) is 43.6 Å². The molecule has 132 valence electrons. The summed E-state index contributed by atoms with van der Waals surface area (Å²) in [6, 6.07) is 5.05. The molecule has 1 aromatic heterocycles. The third kappa shape index (κ3) is 4.68. The number of nitrogens with zero attached hydrogens (tertiary/aromatic N) is 3. The number of hydrogen-bond acceptors (Lipinski definition) is 5. The van der Waals surface area contributed by atoms with Crippen LogP contribution in [0.4, 0.5) is 4.79 Å². The van der Waals surface area contributed by atoms with E-state index >= 15 is 0 Å². The molecule has 1 aliphatic rings. The molecule has 2 rings (SSSR count). The van der Waals surface area contributed by atoms with Gasteiger partial charge in [-0.2, -0.15) is 4.73 Å². The Morgan fingerprint density at radius 3 is 2.67 bits per heavy atom. The molecule has 0 spiro atoms. The Morgan fingerprint density at radius 1 is 1.38 bits per heavy atom. The first-order chi connectivity index (χ1) is 11.5. The molecule has 1 amide bonds. The number of carbonyl (C=O) groups excluding carboxylic acids is 1. The summed E-state index contributed by atoms with van der Waals surface area (Å²) in [7, 11) is 0. The van der Waals surface area contributed by atoms with Crippen molar-refractivity contribution in [2.75, 3.05) is 32.8 Å². The fourth-order valence-electron chi connectivity index (χ4n) is 2.41. The van der Waals surface area contributed by atoms with Gasteiger partial charge < -0.3 is 19.7 Å². The van der Waals surface area contributed by atoms with Crippen LogP contribution in [0.3, 0.4) is 0 Å². The summed E-state index contributed by atoms with van der Waals surface area (Å²) in [5.41, 5.74) is 6.60. The summed E-state index contributed by atoms with van der Waals surface area (Å²) in [5.74, 6) is 0. The van der Waals surface area contributed by atoms with Gasteiger partial charge in [0.05, 0.1) is 6.61 Å². The first kappa shape index (κ1) is 18.2. The standard InChI is InChI=1S/C15H23N5O3S/c1-3-23-15(21)19-10-8-18(9-11-19)14(24)17-16-12(2)13-6-4-5-7-20(13)22/h4-7,12,16H,3,8-11H2,1-2H3,(H,17,24)/t12-/m0/s1. The van der Waals surface area contributed by atoms with Crippen LogP contribution < -0.4 is 15.6 Å². The molecule has 0 aliphatic carbocycles. The number of aromatic nitrogens is 1. The zero-order valence-corrected chi connectivity index (χ0v) is 14.7. The number of ether oxygens (including phenoxy) is 1. The lowest BCUT2D eigenvalue weighted by Crippen LogP contribution is -2.55. The number of thiocarbonyl (C=S) groups is 1. The van der Waals surface area contributed by atoms with Crippen LogP contribution in [-0.4, -0.2) is 53.8 Å². The van der Waals surface area contributed by atoms with E-state index in [2.05, 4.69) is 10.9 Å². The minimum absolute atomic E-state index is 0.206. The molecule has 1 saturated heterocycles. The Bertz CT molecular complexity index is 578. The Morgan fingerprint density at radius 2 is 2.04 bits per heavy atom. The van der Waals surface area contributed by atoms with Crippen LogP contribution in [0.25, 0.3) is 0 Å². The number of rotatable bonds is 4. The highest BCUT2D eigenvalue weighted by molar-refractivity contribution is 7.80. The maximum absolute atomic E-state index is 11.7. The molecule has 0 bridgehead atoms. The maximum Gasteiger partial charge on any atom is 0.409 e. The van der Waals surface area contributed by atoms with E-state index < -0.39 is 0 Å². The monoisotopic (exact) mass is 353 g/mol. The van der Waals surface area contributed by atoms with Gasteiger partial charge in [0.1, 0.15) is 6.04 Å². The number of hydrogen-bond donors (Lipinski definition) is 2. The molecule has 9 heteroatoms. The quantitative estimate of drug-likeness (QED) is 0.354. The molecule has 1 aliphatic heterocycles. The van der Waals surface area contributed by atoms with Crippen molar-refractivity contribution in [2.45, 2.75) is 19.9 Å². The van der Waals surface area contributed by atoms with Gasteiger partial charge in [-0.25, -0.2) is 10.2 Å². The Labute approximate surface area is 146 Å². The Balaban J connectivity index is 1.78. The van der Waals surface area contributed by atoms with Crippen LogP contribution in [0.15, 0.2) is 24.4 Å². The summed E-state index contributed by atoms with van der Waals surface area (Å²) < 4.78 is 5.81. The van der Waals surface area contributed by atoms with Gasteiger partial charge in [0, 0.05) is 38.3 Å². The molecule has 8 nitrogen and oxygen atoms in total. The molecule has 1 atom stereocenters. The van der Waals surface area contributed by atoms with E-state index in [0.717, 1.165) is 4.73 Å². The van der Waals surface area contributed by atoms with Crippen molar-refractivity contribution in [2.24, 2.45) is 0 Å². The van der Waals surface area contributed by atoms with Crippen LogP contribution >= 0.6 is 12.2 Å². The summed E-state index contributed by atoms with van der Waals surface area (Å²) in [6.45, 7) is 6.43. The van der Waals surface area contributed by atoms with Crippen LogP contribution in [0, 0.1) is 5.21 Å². The van der Waals surface area contributed by atoms with Crippen LogP contribution in [0.1, 0.15) is 25.6 Å². The number of nitrogens with one attached hydrogen (secondary N) is 2. The largest absolute Gasteiger partial charge is 0.618 e. The first-order valence-electron chi connectivity index (χ1n) is 7.93. The van der Waals surface area contributed by atoms with Crippen LogP contribution in [-0.2, 0) is 4.74 Å². The van der Waals surface area contributed by atoms with Gasteiger partial charge in [-0.3, -0.25) is 5.43 Å². The molecular weight excluding hydrogens is 330 g/mol. The molecular formula is C15H23N5O3S. The molecule has 1 fully saturated rings. The molecule has 0 saturated carbocycles. The zero-order valence-electron chi connectivity index (χ0n) is 13.9. The van der Waals surface area contributed by atoms with Gasteiger partial charge in [-0.05, 0) is 32.1 Å². The Kier molecular flexibility index (Phi) is 6.56. The lowest BCUT2D eigenvalue weighted by atomic mass is 10.2. The molecule has 24 heavy (non-hydrogen) atoms. The molecule has 2 N–H and O–H groups in total. The van der Waals surface area contributed by atoms with Crippen molar-refractivity contribution in [3.63, 3.8) is 0 Å². The van der Waals surface area contributed by atoms with Gasteiger partial charge in [0.25, 0.3) is 0 Å². The van der Waals surface area contributed by atoms with Gasteiger partial charge in [-0.1, -0.05) is 0 Å². The number of piperazine rings is 1. The van der Waals surface area contributed by atoms with E-state index in [1.165, 1.54) is 6.20 Å². The van der Waals surface area contributed by atoms with Gasteiger partial charge in [0.2, 0.25) is 5.69 Å². The van der Waals surface area contributed by atoms with Crippen LogP contribution in [0.2, 0.25) is 0 Å². The summed E-state index contributed by atoms with van der Waals surface area (Å²) >= 11 is 5.36. The highest BCUT2D eigenvalue weighted by Crippen LogP contribution is 2.06. The second-order valence-electron chi connectivity index (χ2n) is 5.42. The number of hydrazine groups is 1. The zero-order chi connectivity index (χ0) is 17.5. The van der Waals surface area contributed by atoms with E-state index in [1.54, 1.807) is 24.0 Å². The average Bonchev–Trinajstić information content (AvgIpc) is 2.60. The van der Waals surface area contributed by atoms with Crippen molar-refractivity contribution >= 4 is 23.4 Å². The second kappa shape index (κ2) is 8.65. The van der Waals surface area contributed by atoms with E-state index in [4.69, 9.17) is 17.0 Å². The third-order valence-corrected chi connectivity index (χ3v) is 4.15. The van der Waals surface area contributed by atoms with Gasteiger partial charge in [-0.15, -0.1) is 0 Å². The molecule has 1 aromatic rings. The normalized spacial score (nSPS) is 15.8. The minimum atomic E-state index is -0.285. The summed E-state index contributed by atoms with van der Waals surface area (Å²) in [6.07, 6.45) is 1.17. The topological polar surface area (TPSA) is 83.8 Å². The van der Waals surface area contributed by atoms with Gasteiger partial charge >= 0.3 is 6.09 Å². The van der Waals surface area contributed by atoms with Crippen molar-refractivity contribution < 1.29 is 14.3 Å². The summed E-state index contributed by atoms with van der Waals surface area (Å²) in [5, 5.41) is 12.3. The van der Waals surface area contributed by atoms with E-state index in [9.17, 15) is 10.0 Å². The van der Waals surface area contributed by atoms with Crippen molar-refractivity contribution in [1.82, 2.24) is 20.7 Å². The number of carbonyl (C=O) groups is 1. The molecule has 0 unspecified atom stereocenters. The average molecular weight is 353 g/mol. The fraction of sp³-hybridized carbons (Fsp3) is 0.533. The molecule has 2 heterocycles. The fourth-order valence-corrected chi connectivity index (χ4v) is 2.65. The third-order valence-electron chi connectivity index (χ3n) is 3.79. The highest BCUT2D eigenvalue weighted by atomic mass is 32.1. The lowest BCUT2D eigenvalue weighted by Gasteiger charge is -2.35.